The van der Waals surface area contributed by atoms with Crippen LogP contribution in [-0.4, -0.2) is 23.2 Å². The third-order valence-corrected chi connectivity index (χ3v) is 7.46. The summed E-state index contributed by atoms with van der Waals surface area (Å²) in [5.74, 6) is 0.970. The number of benzene rings is 2. The van der Waals surface area contributed by atoms with Gasteiger partial charge in [-0.25, -0.2) is 4.98 Å². The van der Waals surface area contributed by atoms with Gasteiger partial charge < -0.3 is 15.5 Å². The van der Waals surface area contributed by atoms with Crippen LogP contribution in [0, 0.1) is 0 Å². The van der Waals surface area contributed by atoms with Crippen LogP contribution in [-0.2, 0) is 11.8 Å². The van der Waals surface area contributed by atoms with Gasteiger partial charge in [0.1, 0.15) is 5.82 Å². The fourth-order valence-corrected chi connectivity index (χ4v) is 5.63. The van der Waals surface area contributed by atoms with Gasteiger partial charge in [0.05, 0.1) is 11.9 Å². The number of hydrogen-bond donors (Lipinski definition) is 2. The lowest BCUT2D eigenvalue weighted by atomic mass is 9.79. The number of thiocarbonyl (C=S) groups is 1. The van der Waals surface area contributed by atoms with E-state index in [-0.39, 0.29) is 5.41 Å². The maximum Gasteiger partial charge on any atom is 0.170 e. The van der Waals surface area contributed by atoms with E-state index in [4.69, 9.17) is 28.8 Å². The number of halogens is 1. The van der Waals surface area contributed by atoms with E-state index in [1.807, 2.05) is 18.3 Å². The lowest BCUT2D eigenvalue weighted by molar-refractivity contribution is 0.435. The van der Waals surface area contributed by atoms with E-state index in [1.165, 1.54) is 29.7 Å². The summed E-state index contributed by atoms with van der Waals surface area (Å²) in [5, 5.41) is 8.19. The highest BCUT2D eigenvalue weighted by Crippen LogP contribution is 2.41. The standard InChI is InChI=1S/C27H29ClN4S/c28-22-10-5-9-21(17-22)27(14-3-4-15-27)19-30-26(33)31-23-12-13-25(29-18-23)32-16-6-8-20-7-1-2-11-24(20)32/h1-2,5,7,9-13,17-18H,3-4,6,8,14-16,19H2,(H2,30,31,33). The van der Waals surface area contributed by atoms with Crippen LogP contribution in [0.5, 0.6) is 0 Å². The summed E-state index contributed by atoms with van der Waals surface area (Å²) in [7, 11) is 0. The molecule has 1 aromatic heterocycles. The van der Waals surface area contributed by atoms with Crippen LogP contribution in [0.1, 0.15) is 43.2 Å². The van der Waals surface area contributed by atoms with Gasteiger partial charge in [0.25, 0.3) is 0 Å². The molecule has 4 nitrogen and oxygen atoms in total. The summed E-state index contributed by atoms with van der Waals surface area (Å²) < 4.78 is 0. The van der Waals surface area contributed by atoms with Crippen molar-refractivity contribution < 1.29 is 0 Å². The number of aryl methyl sites for hydroxylation is 1. The lowest BCUT2D eigenvalue weighted by Crippen LogP contribution is -2.40. The SMILES string of the molecule is S=C(NCC1(c2cccc(Cl)c2)CCCC1)Nc1ccc(N2CCCc3ccccc32)nc1. The molecule has 2 N–H and O–H groups in total. The van der Waals surface area contributed by atoms with Gasteiger partial charge in [0.2, 0.25) is 0 Å². The molecule has 0 radical (unpaired) electrons. The second-order valence-electron chi connectivity index (χ2n) is 9.09. The molecule has 1 aliphatic heterocycles. The average molecular weight is 477 g/mol. The minimum Gasteiger partial charge on any atom is -0.362 e. The lowest BCUT2D eigenvalue weighted by Gasteiger charge is -2.31. The number of anilines is 3. The van der Waals surface area contributed by atoms with Crippen molar-refractivity contribution in [3.05, 3.63) is 83.0 Å². The first-order valence-electron chi connectivity index (χ1n) is 11.8. The number of rotatable bonds is 5. The molecule has 170 valence electrons. The van der Waals surface area contributed by atoms with Crippen molar-refractivity contribution in [3.8, 4) is 0 Å². The zero-order chi connectivity index (χ0) is 22.7. The fraction of sp³-hybridized carbons (Fsp3) is 0.333. The molecular formula is C27H29ClN4S. The van der Waals surface area contributed by atoms with E-state index in [9.17, 15) is 0 Å². The number of nitrogens with zero attached hydrogens (tertiary/aromatic N) is 2. The first kappa shape index (κ1) is 22.2. The maximum atomic E-state index is 6.28. The number of nitrogens with one attached hydrogen (secondary N) is 2. The van der Waals surface area contributed by atoms with Crippen molar-refractivity contribution in [2.24, 2.45) is 0 Å². The van der Waals surface area contributed by atoms with Gasteiger partial charge >= 0.3 is 0 Å². The van der Waals surface area contributed by atoms with Gasteiger partial charge in [-0.3, -0.25) is 0 Å². The average Bonchev–Trinajstić information content (AvgIpc) is 3.33. The van der Waals surface area contributed by atoms with Crippen molar-refractivity contribution in [2.75, 3.05) is 23.3 Å². The Labute approximate surface area is 206 Å². The van der Waals surface area contributed by atoms with E-state index in [0.29, 0.717) is 5.11 Å². The summed E-state index contributed by atoms with van der Waals surface area (Å²) in [6, 6.07) is 21.0. The van der Waals surface area contributed by atoms with Crippen LogP contribution < -0.4 is 15.5 Å². The molecule has 1 fully saturated rings. The Bertz CT molecular complexity index is 1120. The fourth-order valence-electron chi connectivity index (χ4n) is 5.25. The van der Waals surface area contributed by atoms with Crippen molar-refractivity contribution >= 4 is 46.1 Å². The van der Waals surface area contributed by atoms with Crippen LogP contribution in [0.3, 0.4) is 0 Å². The number of hydrogen-bond acceptors (Lipinski definition) is 3. The zero-order valence-electron chi connectivity index (χ0n) is 18.7. The predicted octanol–water partition coefficient (Wildman–Crippen LogP) is 6.62. The Hall–Kier alpha value is -2.63. The highest BCUT2D eigenvalue weighted by Gasteiger charge is 2.35. The quantitative estimate of drug-likeness (QED) is 0.405. The van der Waals surface area contributed by atoms with Crippen molar-refractivity contribution in [1.29, 1.82) is 0 Å². The Morgan fingerprint density at radius 1 is 1.03 bits per heavy atom. The molecule has 0 atom stereocenters. The van der Waals surface area contributed by atoms with Crippen molar-refractivity contribution in [3.63, 3.8) is 0 Å². The molecule has 0 bridgehead atoms. The smallest absolute Gasteiger partial charge is 0.170 e. The molecule has 0 spiro atoms. The molecule has 0 unspecified atom stereocenters. The Kier molecular flexibility index (Phi) is 6.52. The minimum absolute atomic E-state index is 0.0837. The molecule has 1 aliphatic carbocycles. The van der Waals surface area contributed by atoms with Gasteiger partial charge in [-0.2, -0.15) is 0 Å². The third-order valence-electron chi connectivity index (χ3n) is 6.98. The topological polar surface area (TPSA) is 40.2 Å². The Morgan fingerprint density at radius 3 is 2.67 bits per heavy atom. The van der Waals surface area contributed by atoms with E-state index in [0.717, 1.165) is 55.3 Å². The molecular weight excluding hydrogens is 448 g/mol. The normalized spacial score (nSPS) is 16.8. The Morgan fingerprint density at radius 2 is 1.88 bits per heavy atom. The van der Waals surface area contributed by atoms with E-state index >= 15 is 0 Å². The molecule has 33 heavy (non-hydrogen) atoms. The van der Waals surface area contributed by atoms with Crippen LogP contribution >= 0.6 is 23.8 Å². The monoisotopic (exact) mass is 476 g/mol. The number of para-hydroxylation sites is 1. The van der Waals surface area contributed by atoms with E-state index < -0.39 is 0 Å². The molecule has 5 rings (SSSR count). The molecule has 1 saturated carbocycles. The first-order valence-corrected chi connectivity index (χ1v) is 12.5. The van der Waals surface area contributed by atoms with E-state index in [2.05, 4.69) is 64.1 Å². The highest BCUT2D eigenvalue weighted by atomic mass is 35.5. The van der Waals surface area contributed by atoms with E-state index in [1.54, 1.807) is 0 Å². The molecule has 2 aromatic carbocycles. The number of aromatic nitrogens is 1. The largest absolute Gasteiger partial charge is 0.362 e. The van der Waals surface area contributed by atoms with Gasteiger partial charge in [0, 0.05) is 29.2 Å². The van der Waals surface area contributed by atoms with Crippen LogP contribution in [0.2, 0.25) is 5.02 Å². The van der Waals surface area contributed by atoms with Crippen LogP contribution in [0.15, 0.2) is 66.9 Å². The van der Waals surface area contributed by atoms with Crippen molar-refractivity contribution in [1.82, 2.24) is 10.3 Å². The maximum absolute atomic E-state index is 6.28. The molecule has 3 aromatic rings. The summed E-state index contributed by atoms with van der Waals surface area (Å²) in [6.45, 7) is 1.79. The van der Waals surface area contributed by atoms with Crippen LogP contribution in [0.4, 0.5) is 17.2 Å². The highest BCUT2D eigenvalue weighted by molar-refractivity contribution is 7.80. The third kappa shape index (κ3) is 4.85. The number of fused-ring (bicyclic) bond motifs is 1. The first-order chi connectivity index (χ1) is 16.1. The predicted molar refractivity (Wildman–Crippen MR) is 142 cm³/mol. The van der Waals surface area contributed by atoms with Gasteiger partial charge in [-0.1, -0.05) is 54.8 Å². The summed E-state index contributed by atoms with van der Waals surface area (Å²) >= 11 is 11.9. The van der Waals surface area contributed by atoms with Gasteiger partial charge in [0.15, 0.2) is 5.11 Å². The molecule has 2 heterocycles. The summed E-state index contributed by atoms with van der Waals surface area (Å²) in [4.78, 5) is 7.02. The summed E-state index contributed by atoms with van der Waals surface area (Å²) in [5.41, 5.74) is 4.93. The van der Waals surface area contributed by atoms with Crippen molar-refractivity contribution in [2.45, 2.75) is 43.9 Å². The number of pyridine rings is 1. The zero-order valence-corrected chi connectivity index (χ0v) is 20.3. The minimum atomic E-state index is 0.0837. The van der Waals surface area contributed by atoms with Gasteiger partial charge in [-0.15, -0.1) is 0 Å². The van der Waals surface area contributed by atoms with Gasteiger partial charge in [-0.05, 0) is 79.4 Å². The summed E-state index contributed by atoms with van der Waals surface area (Å²) in [6.07, 6.45) is 8.90. The molecule has 0 amide bonds. The molecule has 2 aliphatic rings. The second kappa shape index (κ2) is 9.70. The molecule has 6 heteroatoms. The Balaban J connectivity index is 1.23. The van der Waals surface area contributed by atoms with Crippen LogP contribution in [0.25, 0.3) is 0 Å². The molecule has 0 saturated heterocycles. The second-order valence-corrected chi connectivity index (χ2v) is 9.94.